The van der Waals surface area contributed by atoms with Crippen molar-refractivity contribution in [2.75, 3.05) is 19.6 Å². The summed E-state index contributed by atoms with van der Waals surface area (Å²) in [6.07, 6.45) is 3.82. The highest BCUT2D eigenvalue weighted by Crippen LogP contribution is 2.36. The van der Waals surface area contributed by atoms with Crippen LogP contribution in [0.3, 0.4) is 0 Å². The third-order valence-corrected chi connectivity index (χ3v) is 2.70. The fourth-order valence-electron chi connectivity index (χ4n) is 1.33. The first-order valence-electron chi connectivity index (χ1n) is 4.95. The number of benzene rings is 1. The first-order valence-corrected chi connectivity index (χ1v) is 6.28. The fraction of sp³-hybridized carbons (Fsp3) is 0.333. The maximum Gasteiger partial charge on any atom is 0.174 e. The Balaban J connectivity index is 3.11. The average Bonchev–Trinajstić information content (AvgIpc) is 2.26. The molecule has 0 fully saturated rings. The third-order valence-electron chi connectivity index (χ3n) is 1.94. The monoisotopic (exact) mass is 304 g/mol. The van der Waals surface area contributed by atoms with Crippen molar-refractivity contribution in [2.24, 2.45) is 0 Å². The summed E-state index contributed by atoms with van der Waals surface area (Å²) in [4.78, 5) is 0. The molecule has 0 saturated carbocycles. The molecule has 1 aromatic carbocycles. The molecule has 16 heavy (non-hydrogen) atoms. The summed E-state index contributed by atoms with van der Waals surface area (Å²) < 4.78 is 11.6. The van der Waals surface area contributed by atoms with Crippen LogP contribution in [0, 0.1) is 0 Å². The van der Waals surface area contributed by atoms with Gasteiger partial charge in [-0.3, -0.25) is 0 Å². The molecule has 0 aromatic heterocycles. The number of rotatable bonds is 5. The van der Waals surface area contributed by atoms with Gasteiger partial charge < -0.3 is 9.47 Å². The molecule has 0 radical (unpaired) electrons. The molecular formula is C12H14BrClO2. The second kappa shape index (κ2) is 6.81. The van der Waals surface area contributed by atoms with Crippen molar-refractivity contribution in [1.29, 1.82) is 0 Å². The first-order chi connectivity index (χ1) is 7.72. The van der Waals surface area contributed by atoms with E-state index in [1.165, 1.54) is 0 Å². The highest BCUT2D eigenvalue weighted by molar-refractivity contribution is 9.10. The van der Waals surface area contributed by atoms with Gasteiger partial charge in [-0.05, 0) is 40.5 Å². The van der Waals surface area contributed by atoms with Gasteiger partial charge in [-0.2, -0.15) is 0 Å². The lowest BCUT2D eigenvalue weighted by atomic mass is 10.2. The summed E-state index contributed by atoms with van der Waals surface area (Å²) in [6, 6.07) is 3.89. The van der Waals surface area contributed by atoms with E-state index in [-0.39, 0.29) is 0 Å². The zero-order valence-electron chi connectivity index (χ0n) is 9.30. The van der Waals surface area contributed by atoms with Gasteiger partial charge >= 0.3 is 0 Å². The fourth-order valence-corrected chi connectivity index (χ4v) is 2.04. The minimum Gasteiger partial charge on any atom is -0.492 e. The zero-order chi connectivity index (χ0) is 12.0. The maximum atomic E-state index is 5.60. The Morgan fingerprint density at radius 1 is 1.44 bits per heavy atom. The lowest BCUT2D eigenvalue weighted by Gasteiger charge is -2.11. The predicted octanol–water partition coefficient (Wildman–Crippen LogP) is 4.11. The summed E-state index contributed by atoms with van der Waals surface area (Å²) in [5, 5.41) is 0. The van der Waals surface area contributed by atoms with Crippen molar-refractivity contribution < 1.29 is 9.47 Å². The lowest BCUT2D eigenvalue weighted by Crippen LogP contribution is -1.96. The molecule has 2 nitrogen and oxygen atoms in total. The van der Waals surface area contributed by atoms with Crippen LogP contribution in [0.2, 0.25) is 0 Å². The van der Waals surface area contributed by atoms with Gasteiger partial charge in [-0.1, -0.05) is 12.2 Å². The van der Waals surface area contributed by atoms with E-state index in [1.807, 2.05) is 31.2 Å². The van der Waals surface area contributed by atoms with Crippen LogP contribution in [0.15, 0.2) is 22.7 Å². The summed E-state index contributed by atoms with van der Waals surface area (Å²) in [5.74, 6) is 1.94. The number of methoxy groups -OCH3 is 1. The molecule has 0 amide bonds. The number of hydrogen-bond acceptors (Lipinski definition) is 2. The van der Waals surface area contributed by atoms with Gasteiger partial charge in [0.05, 0.1) is 18.2 Å². The van der Waals surface area contributed by atoms with Gasteiger partial charge in [0, 0.05) is 5.88 Å². The van der Waals surface area contributed by atoms with Crippen molar-refractivity contribution >= 4 is 33.6 Å². The normalized spacial score (nSPS) is 10.8. The Morgan fingerprint density at radius 2 is 2.19 bits per heavy atom. The zero-order valence-corrected chi connectivity index (χ0v) is 11.6. The molecule has 0 atom stereocenters. The van der Waals surface area contributed by atoms with Crippen LogP contribution >= 0.6 is 27.5 Å². The van der Waals surface area contributed by atoms with Crippen molar-refractivity contribution in [2.45, 2.75) is 6.92 Å². The van der Waals surface area contributed by atoms with E-state index in [9.17, 15) is 0 Å². The van der Waals surface area contributed by atoms with Crippen molar-refractivity contribution in [1.82, 2.24) is 0 Å². The molecule has 0 aliphatic carbocycles. The summed E-state index contributed by atoms with van der Waals surface area (Å²) in [6.45, 7) is 2.54. The standard InChI is InChI=1S/C12H14BrClO2/c1-3-16-11-8-9(5-4-6-14)7-10(13)12(11)15-2/h4-5,7-8H,3,6H2,1-2H3. The van der Waals surface area contributed by atoms with E-state index < -0.39 is 0 Å². The molecule has 88 valence electrons. The van der Waals surface area contributed by atoms with E-state index in [1.54, 1.807) is 7.11 Å². The minimum absolute atomic E-state index is 0.494. The van der Waals surface area contributed by atoms with Crippen LogP contribution in [-0.4, -0.2) is 19.6 Å². The van der Waals surface area contributed by atoms with E-state index in [4.69, 9.17) is 21.1 Å². The molecule has 0 saturated heterocycles. The van der Waals surface area contributed by atoms with E-state index in [0.29, 0.717) is 18.2 Å². The summed E-state index contributed by atoms with van der Waals surface area (Å²) in [5.41, 5.74) is 1.02. The van der Waals surface area contributed by atoms with Crippen LogP contribution in [0.4, 0.5) is 0 Å². The number of allylic oxidation sites excluding steroid dienone is 1. The Hall–Kier alpha value is -0.670. The highest BCUT2D eigenvalue weighted by atomic mass is 79.9. The van der Waals surface area contributed by atoms with Crippen LogP contribution < -0.4 is 9.47 Å². The van der Waals surface area contributed by atoms with Crippen LogP contribution in [0.5, 0.6) is 11.5 Å². The number of alkyl halides is 1. The van der Waals surface area contributed by atoms with Gasteiger partial charge in [0.25, 0.3) is 0 Å². The van der Waals surface area contributed by atoms with E-state index in [0.717, 1.165) is 15.8 Å². The largest absolute Gasteiger partial charge is 0.492 e. The Kier molecular flexibility index (Phi) is 5.71. The second-order valence-electron chi connectivity index (χ2n) is 3.02. The minimum atomic E-state index is 0.494. The van der Waals surface area contributed by atoms with Crippen LogP contribution in [-0.2, 0) is 0 Å². The van der Waals surface area contributed by atoms with Crippen molar-refractivity contribution in [3.8, 4) is 11.5 Å². The molecule has 4 heteroatoms. The van der Waals surface area contributed by atoms with E-state index in [2.05, 4.69) is 15.9 Å². The molecular weight excluding hydrogens is 291 g/mol. The van der Waals surface area contributed by atoms with E-state index >= 15 is 0 Å². The molecule has 0 aliphatic rings. The molecule has 1 rings (SSSR count). The Labute approximate surface area is 109 Å². The third kappa shape index (κ3) is 3.42. The number of ether oxygens (including phenoxy) is 2. The highest BCUT2D eigenvalue weighted by Gasteiger charge is 2.09. The maximum absolute atomic E-state index is 5.60. The van der Waals surface area contributed by atoms with Crippen molar-refractivity contribution in [3.63, 3.8) is 0 Å². The molecule has 1 aromatic rings. The Bertz CT molecular complexity index is 378. The quantitative estimate of drug-likeness (QED) is 0.762. The number of hydrogen-bond donors (Lipinski definition) is 0. The lowest BCUT2D eigenvalue weighted by molar-refractivity contribution is 0.310. The second-order valence-corrected chi connectivity index (χ2v) is 4.19. The Morgan fingerprint density at radius 3 is 2.75 bits per heavy atom. The topological polar surface area (TPSA) is 18.5 Å². The smallest absolute Gasteiger partial charge is 0.174 e. The number of halogens is 2. The van der Waals surface area contributed by atoms with Crippen molar-refractivity contribution in [3.05, 3.63) is 28.2 Å². The van der Waals surface area contributed by atoms with Crippen LogP contribution in [0.25, 0.3) is 6.08 Å². The molecule has 0 bridgehead atoms. The molecule has 0 N–H and O–H groups in total. The average molecular weight is 306 g/mol. The predicted molar refractivity (Wildman–Crippen MR) is 71.6 cm³/mol. The van der Waals surface area contributed by atoms with Crippen LogP contribution in [0.1, 0.15) is 12.5 Å². The molecule has 0 unspecified atom stereocenters. The van der Waals surface area contributed by atoms with Gasteiger partial charge in [0.15, 0.2) is 11.5 Å². The van der Waals surface area contributed by atoms with Gasteiger partial charge in [0.1, 0.15) is 0 Å². The summed E-state index contributed by atoms with van der Waals surface area (Å²) in [7, 11) is 1.62. The molecule has 0 aliphatic heterocycles. The SMILES string of the molecule is CCOc1cc(C=CCCl)cc(Br)c1OC. The molecule has 0 spiro atoms. The first kappa shape index (κ1) is 13.4. The summed E-state index contributed by atoms with van der Waals surface area (Å²) >= 11 is 9.04. The van der Waals surface area contributed by atoms with Gasteiger partial charge in [-0.25, -0.2) is 0 Å². The van der Waals surface area contributed by atoms with Gasteiger partial charge in [-0.15, -0.1) is 11.6 Å². The molecule has 0 heterocycles. The van der Waals surface area contributed by atoms with Gasteiger partial charge in [0.2, 0.25) is 0 Å².